The average molecular weight is 339 g/mol. The molecule has 1 atom stereocenters. The molecule has 0 unspecified atom stereocenters. The van der Waals surface area contributed by atoms with E-state index in [1.807, 2.05) is 26.1 Å². The Hall–Kier alpha value is -2.36. The van der Waals surface area contributed by atoms with Crippen molar-refractivity contribution < 1.29 is 4.79 Å². The minimum atomic E-state index is -0.105. The van der Waals surface area contributed by atoms with Gasteiger partial charge in [-0.2, -0.15) is 0 Å². The van der Waals surface area contributed by atoms with Gasteiger partial charge in [0, 0.05) is 25.1 Å². The van der Waals surface area contributed by atoms with Gasteiger partial charge in [0.25, 0.3) is 0 Å². The number of para-hydroxylation sites is 1. The summed E-state index contributed by atoms with van der Waals surface area (Å²) in [7, 11) is 1.82. The highest BCUT2D eigenvalue weighted by Crippen LogP contribution is 2.33. The Labute approximate surface area is 151 Å². The minimum absolute atomic E-state index is 0.0533. The third kappa shape index (κ3) is 4.38. The number of aromatic nitrogens is 1. The molecule has 2 amide bonds. The molecule has 2 aromatic rings. The van der Waals surface area contributed by atoms with Crippen LogP contribution in [0.5, 0.6) is 0 Å². The zero-order valence-corrected chi connectivity index (χ0v) is 16.1. The molecule has 0 saturated heterocycles. The van der Waals surface area contributed by atoms with Crippen molar-refractivity contribution in [2.24, 2.45) is 0 Å². The maximum Gasteiger partial charge on any atom is 0.322 e. The van der Waals surface area contributed by atoms with Crippen LogP contribution in [0.3, 0.4) is 0 Å². The fourth-order valence-corrected chi connectivity index (χ4v) is 2.91. The molecule has 0 fully saturated rings. The zero-order chi connectivity index (χ0) is 18.6. The van der Waals surface area contributed by atoms with Gasteiger partial charge < -0.3 is 10.2 Å². The van der Waals surface area contributed by atoms with Crippen LogP contribution in [0.15, 0.2) is 42.7 Å². The van der Waals surface area contributed by atoms with Gasteiger partial charge in [0.1, 0.15) is 0 Å². The van der Waals surface area contributed by atoms with Gasteiger partial charge in [0.05, 0.1) is 6.04 Å². The molecule has 25 heavy (non-hydrogen) atoms. The Morgan fingerprint density at radius 2 is 1.60 bits per heavy atom. The second kappa shape index (κ2) is 8.15. The number of benzene rings is 1. The second-order valence-corrected chi connectivity index (χ2v) is 7.12. The van der Waals surface area contributed by atoms with Crippen molar-refractivity contribution in [2.75, 3.05) is 12.4 Å². The predicted molar refractivity (Wildman–Crippen MR) is 104 cm³/mol. The number of carbonyl (C=O) groups is 1. The fourth-order valence-electron chi connectivity index (χ4n) is 2.91. The van der Waals surface area contributed by atoms with E-state index in [-0.39, 0.29) is 12.1 Å². The van der Waals surface area contributed by atoms with E-state index in [9.17, 15) is 4.79 Å². The molecule has 4 nitrogen and oxygen atoms in total. The molecular weight excluding hydrogens is 310 g/mol. The van der Waals surface area contributed by atoms with Crippen LogP contribution in [0.1, 0.15) is 69.2 Å². The van der Waals surface area contributed by atoms with Crippen LogP contribution in [0, 0.1) is 0 Å². The molecular formula is C21H29N3O. The Morgan fingerprint density at radius 1 is 1.00 bits per heavy atom. The number of nitrogens with zero attached hydrogens (tertiary/aromatic N) is 2. The van der Waals surface area contributed by atoms with Crippen molar-refractivity contribution in [2.45, 2.75) is 52.5 Å². The normalized spacial score (nSPS) is 12.3. The summed E-state index contributed by atoms with van der Waals surface area (Å²) in [6.45, 7) is 10.6. The van der Waals surface area contributed by atoms with Gasteiger partial charge in [-0.05, 0) is 41.5 Å². The molecule has 0 aliphatic carbocycles. The summed E-state index contributed by atoms with van der Waals surface area (Å²) in [5.74, 6) is 0.685. The van der Waals surface area contributed by atoms with Crippen LogP contribution < -0.4 is 5.32 Å². The molecule has 4 heteroatoms. The van der Waals surface area contributed by atoms with Crippen molar-refractivity contribution in [3.63, 3.8) is 0 Å². The lowest BCUT2D eigenvalue weighted by molar-refractivity contribution is 0.208. The number of hydrogen-bond acceptors (Lipinski definition) is 2. The van der Waals surface area contributed by atoms with Crippen LogP contribution >= 0.6 is 0 Å². The van der Waals surface area contributed by atoms with E-state index in [0.29, 0.717) is 11.8 Å². The quantitative estimate of drug-likeness (QED) is 0.776. The molecule has 0 aliphatic heterocycles. The molecule has 1 aromatic carbocycles. The highest BCUT2D eigenvalue weighted by atomic mass is 16.2. The van der Waals surface area contributed by atoms with Crippen LogP contribution in [0.2, 0.25) is 0 Å². The number of pyridine rings is 1. The molecule has 134 valence electrons. The number of hydrogen-bond donors (Lipinski definition) is 1. The van der Waals surface area contributed by atoms with E-state index >= 15 is 0 Å². The van der Waals surface area contributed by atoms with Crippen LogP contribution in [0.25, 0.3) is 0 Å². The first-order valence-corrected chi connectivity index (χ1v) is 8.89. The lowest BCUT2D eigenvalue weighted by Crippen LogP contribution is -2.34. The van der Waals surface area contributed by atoms with E-state index in [1.165, 1.54) is 11.1 Å². The predicted octanol–water partition coefficient (Wildman–Crippen LogP) is 5.55. The van der Waals surface area contributed by atoms with Gasteiger partial charge in [-0.3, -0.25) is 4.98 Å². The van der Waals surface area contributed by atoms with Gasteiger partial charge in [0.15, 0.2) is 0 Å². The number of carbonyl (C=O) groups excluding carboxylic acids is 1. The van der Waals surface area contributed by atoms with Crippen molar-refractivity contribution in [3.05, 3.63) is 59.4 Å². The van der Waals surface area contributed by atoms with E-state index in [1.54, 1.807) is 17.3 Å². The molecule has 1 aromatic heterocycles. The highest BCUT2D eigenvalue weighted by Gasteiger charge is 2.21. The first kappa shape index (κ1) is 19.0. The molecule has 1 heterocycles. The van der Waals surface area contributed by atoms with Gasteiger partial charge in [-0.1, -0.05) is 52.0 Å². The Morgan fingerprint density at radius 3 is 2.08 bits per heavy atom. The summed E-state index contributed by atoms with van der Waals surface area (Å²) in [5.41, 5.74) is 4.30. The van der Waals surface area contributed by atoms with E-state index < -0.39 is 0 Å². The third-order valence-electron chi connectivity index (χ3n) is 4.67. The van der Waals surface area contributed by atoms with Crippen LogP contribution in [-0.2, 0) is 0 Å². The summed E-state index contributed by atoms with van der Waals surface area (Å²) in [6, 6.07) is 9.98. The number of urea groups is 1. The van der Waals surface area contributed by atoms with Crippen molar-refractivity contribution >= 4 is 11.7 Å². The maximum absolute atomic E-state index is 12.9. The molecule has 2 rings (SSSR count). The fraction of sp³-hybridized carbons (Fsp3) is 0.429. The summed E-state index contributed by atoms with van der Waals surface area (Å²) in [4.78, 5) is 18.7. The van der Waals surface area contributed by atoms with E-state index in [0.717, 1.165) is 11.3 Å². The van der Waals surface area contributed by atoms with Gasteiger partial charge in [-0.25, -0.2) is 4.79 Å². The minimum Gasteiger partial charge on any atom is -0.321 e. The van der Waals surface area contributed by atoms with Crippen LogP contribution in [-0.4, -0.2) is 23.0 Å². The van der Waals surface area contributed by atoms with Crippen molar-refractivity contribution in [3.8, 4) is 0 Å². The lowest BCUT2D eigenvalue weighted by atomic mass is 9.93. The first-order chi connectivity index (χ1) is 11.8. The average Bonchev–Trinajstić information content (AvgIpc) is 2.60. The van der Waals surface area contributed by atoms with E-state index in [2.05, 4.69) is 56.2 Å². The van der Waals surface area contributed by atoms with E-state index in [4.69, 9.17) is 0 Å². The summed E-state index contributed by atoms with van der Waals surface area (Å²) >= 11 is 0. The highest BCUT2D eigenvalue weighted by molar-refractivity contribution is 5.91. The van der Waals surface area contributed by atoms with Gasteiger partial charge in [0.2, 0.25) is 0 Å². The SMILES string of the molecule is CC(C)c1cccc(C(C)C)c1NC(=O)N(C)[C@@H](C)c1cccnc1. The Bertz CT molecular complexity index is 684. The molecule has 1 N–H and O–H groups in total. The standard InChI is InChI=1S/C21H29N3O/c1-14(2)18-10-7-11-19(15(3)4)20(18)23-21(25)24(6)16(5)17-9-8-12-22-13-17/h7-16H,1-6H3,(H,23,25)/t16-/m0/s1. The molecule has 0 aliphatic rings. The largest absolute Gasteiger partial charge is 0.322 e. The van der Waals surface area contributed by atoms with Crippen molar-refractivity contribution in [1.29, 1.82) is 0 Å². The number of amides is 2. The molecule has 0 spiro atoms. The third-order valence-corrected chi connectivity index (χ3v) is 4.67. The summed E-state index contributed by atoms with van der Waals surface area (Å²) in [5, 5.41) is 3.16. The first-order valence-electron chi connectivity index (χ1n) is 8.89. The smallest absolute Gasteiger partial charge is 0.321 e. The van der Waals surface area contributed by atoms with Crippen LogP contribution in [0.4, 0.5) is 10.5 Å². The number of anilines is 1. The topological polar surface area (TPSA) is 45.2 Å². The summed E-state index contributed by atoms with van der Waals surface area (Å²) in [6.07, 6.45) is 3.54. The second-order valence-electron chi connectivity index (χ2n) is 7.12. The Balaban J connectivity index is 2.28. The monoisotopic (exact) mass is 339 g/mol. The maximum atomic E-state index is 12.9. The molecule has 0 saturated carbocycles. The lowest BCUT2D eigenvalue weighted by Gasteiger charge is -2.27. The summed E-state index contributed by atoms with van der Waals surface area (Å²) < 4.78 is 0. The zero-order valence-electron chi connectivity index (χ0n) is 16.1. The molecule has 0 radical (unpaired) electrons. The van der Waals surface area contributed by atoms with Crippen molar-refractivity contribution in [1.82, 2.24) is 9.88 Å². The van der Waals surface area contributed by atoms with Gasteiger partial charge in [-0.15, -0.1) is 0 Å². The molecule has 0 bridgehead atoms. The van der Waals surface area contributed by atoms with Gasteiger partial charge >= 0.3 is 6.03 Å². The number of nitrogens with one attached hydrogen (secondary N) is 1. The number of rotatable bonds is 5. The Kier molecular flexibility index (Phi) is 6.18.